The number of aromatic nitrogens is 2. The molecule has 1 unspecified atom stereocenters. The van der Waals surface area contributed by atoms with Crippen molar-refractivity contribution in [3.05, 3.63) is 75.7 Å². The normalized spacial score (nSPS) is 15.4. The summed E-state index contributed by atoms with van der Waals surface area (Å²) in [5.74, 6) is -1.74. The number of nitrogens with zero attached hydrogens (tertiary/aromatic N) is 2. The first-order valence-corrected chi connectivity index (χ1v) is 10.3. The lowest BCUT2D eigenvalue weighted by Gasteiger charge is -2.19. The zero-order valence-electron chi connectivity index (χ0n) is 18.1. The molecule has 0 saturated carbocycles. The number of amides is 2. The molecular formula is C23H23N5O5. The van der Waals surface area contributed by atoms with Crippen LogP contribution in [0.5, 0.6) is 0 Å². The molecule has 2 amide bonds. The lowest BCUT2D eigenvalue weighted by atomic mass is 10.1. The summed E-state index contributed by atoms with van der Waals surface area (Å²) in [6, 6.07) is 12.4. The predicted molar refractivity (Wildman–Crippen MR) is 122 cm³/mol. The topological polar surface area (TPSA) is 137 Å². The highest BCUT2D eigenvalue weighted by Crippen LogP contribution is 2.27. The number of anilines is 2. The Morgan fingerprint density at radius 2 is 1.85 bits per heavy atom. The molecule has 170 valence electrons. The molecule has 0 saturated heterocycles. The highest BCUT2D eigenvalue weighted by atomic mass is 16.4. The number of carboxylic acids is 1. The number of rotatable bonds is 5. The van der Waals surface area contributed by atoms with Gasteiger partial charge in [-0.1, -0.05) is 6.07 Å². The van der Waals surface area contributed by atoms with Crippen LogP contribution in [-0.4, -0.2) is 50.7 Å². The SMILES string of the molecule is Cc1cc(=O)n(-c2ccc(C(=O)Nc3ccc4c(c3)NC(CC(=O)O)C(=O)N(C)C4)cc2)[nH]1. The Kier molecular flexibility index (Phi) is 5.74. The van der Waals surface area contributed by atoms with Gasteiger partial charge in [-0.15, -0.1) is 0 Å². The van der Waals surface area contributed by atoms with E-state index in [9.17, 15) is 19.2 Å². The van der Waals surface area contributed by atoms with Gasteiger partial charge in [0.05, 0.1) is 12.1 Å². The number of H-pyrrole nitrogens is 1. The van der Waals surface area contributed by atoms with E-state index in [2.05, 4.69) is 15.7 Å². The summed E-state index contributed by atoms with van der Waals surface area (Å²) in [6.07, 6.45) is -0.352. The van der Waals surface area contributed by atoms with Crippen LogP contribution in [0, 0.1) is 6.92 Å². The second-order valence-corrected chi connectivity index (χ2v) is 7.97. The fraction of sp³-hybridized carbons (Fsp3) is 0.217. The van der Waals surface area contributed by atoms with Gasteiger partial charge in [0.2, 0.25) is 5.91 Å². The Bertz CT molecular complexity index is 1290. The predicted octanol–water partition coefficient (Wildman–Crippen LogP) is 1.95. The van der Waals surface area contributed by atoms with Gasteiger partial charge in [-0.05, 0) is 48.9 Å². The number of aryl methyl sites for hydroxylation is 1. The van der Waals surface area contributed by atoms with Crippen LogP contribution in [0.15, 0.2) is 53.3 Å². The number of aliphatic carboxylic acids is 1. The van der Waals surface area contributed by atoms with Gasteiger partial charge in [-0.3, -0.25) is 24.3 Å². The summed E-state index contributed by atoms with van der Waals surface area (Å²) in [7, 11) is 1.62. The molecule has 3 aromatic rings. The Morgan fingerprint density at radius 3 is 2.48 bits per heavy atom. The van der Waals surface area contributed by atoms with Gasteiger partial charge in [-0.25, -0.2) is 4.68 Å². The molecule has 33 heavy (non-hydrogen) atoms. The van der Waals surface area contributed by atoms with Crippen molar-refractivity contribution in [3.8, 4) is 5.69 Å². The number of fused-ring (bicyclic) bond motifs is 1. The maximum absolute atomic E-state index is 12.7. The first-order valence-electron chi connectivity index (χ1n) is 10.3. The molecule has 4 N–H and O–H groups in total. The fourth-order valence-corrected chi connectivity index (χ4v) is 3.76. The minimum atomic E-state index is -1.08. The molecule has 1 aliphatic rings. The molecule has 0 aliphatic carbocycles. The Morgan fingerprint density at radius 1 is 1.12 bits per heavy atom. The number of hydrogen-bond acceptors (Lipinski definition) is 5. The van der Waals surface area contributed by atoms with Crippen LogP contribution in [0.4, 0.5) is 11.4 Å². The number of benzene rings is 2. The molecule has 0 fully saturated rings. The third kappa shape index (κ3) is 4.64. The van der Waals surface area contributed by atoms with Gasteiger partial charge in [0.15, 0.2) is 0 Å². The highest BCUT2D eigenvalue weighted by molar-refractivity contribution is 6.04. The molecule has 10 nitrogen and oxygen atoms in total. The molecule has 0 radical (unpaired) electrons. The van der Waals surface area contributed by atoms with E-state index in [0.29, 0.717) is 29.2 Å². The van der Waals surface area contributed by atoms with E-state index in [0.717, 1.165) is 11.3 Å². The van der Waals surface area contributed by atoms with E-state index in [1.807, 2.05) is 0 Å². The zero-order valence-corrected chi connectivity index (χ0v) is 18.1. The Labute approximate surface area is 188 Å². The van der Waals surface area contributed by atoms with Crippen molar-refractivity contribution in [2.75, 3.05) is 17.7 Å². The van der Waals surface area contributed by atoms with Crippen molar-refractivity contribution < 1.29 is 19.5 Å². The van der Waals surface area contributed by atoms with Crippen LogP contribution in [0.3, 0.4) is 0 Å². The average Bonchev–Trinajstić information content (AvgIpc) is 3.06. The monoisotopic (exact) mass is 449 g/mol. The lowest BCUT2D eigenvalue weighted by molar-refractivity contribution is -0.141. The van der Waals surface area contributed by atoms with Crippen molar-refractivity contribution in [2.45, 2.75) is 25.9 Å². The molecule has 1 aliphatic heterocycles. The number of aromatic amines is 1. The summed E-state index contributed by atoms with van der Waals surface area (Å²) >= 11 is 0. The molecule has 0 spiro atoms. The van der Waals surface area contributed by atoms with Crippen LogP contribution < -0.4 is 16.2 Å². The van der Waals surface area contributed by atoms with Crippen molar-refractivity contribution >= 4 is 29.2 Å². The Balaban J connectivity index is 1.52. The molecule has 1 aromatic heterocycles. The van der Waals surface area contributed by atoms with Gasteiger partial charge in [0.25, 0.3) is 11.5 Å². The van der Waals surface area contributed by atoms with Crippen LogP contribution in [0.2, 0.25) is 0 Å². The van der Waals surface area contributed by atoms with Gasteiger partial charge >= 0.3 is 5.97 Å². The third-order valence-corrected chi connectivity index (χ3v) is 5.39. The van der Waals surface area contributed by atoms with E-state index in [1.54, 1.807) is 56.4 Å². The zero-order chi connectivity index (χ0) is 23.7. The third-order valence-electron chi connectivity index (χ3n) is 5.39. The quantitative estimate of drug-likeness (QED) is 0.470. The Hall–Kier alpha value is -4.34. The van der Waals surface area contributed by atoms with Crippen LogP contribution in [-0.2, 0) is 16.1 Å². The number of hydrogen-bond donors (Lipinski definition) is 4. The van der Waals surface area contributed by atoms with E-state index in [4.69, 9.17) is 5.11 Å². The molecule has 1 atom stereocenters. The number of carbonyl (C=O) groups is 3. The second-order valence-electron chi connectivity index (χ2n) is 7.97. The minimum Gasteiger partial charge on any atom is -0.481 e. The van der Waals surface area contributed by atoms with Gasteiger partial charge in [-0.2, -0.15) is 0 Å². The highest BCUT2D eigenvalue weighted by Gasteiger charge is 2.29. The second kappa shape index (κ2) is 8.65. The lowest BCUT2D eigenvalue weighted by Crippen LogP contribution is -2.39. The standard InChI is InChI=1S/C23H23N5O5/c1-13-9-20(29)28(26-13)17-7-4-14(5-8-17)22(32)24-16-6-3-15-12-27(2)23(33)19(11-21(30)31)25-18(15)10-16/h3-10,19,25-26H,11-12H2,1-2H3,(H,24,32)(H,30,31). The van der Waals surface area contributed by atoms with Gasteiger partial charge in [0, 0.05) is 42.3 Å². The van der Waals surface area contributed by atoms with Crippen LogP contribution in [0.25, 0.3) is 5.69 Å². The summed E-state index contributed by atoms with van der Waals surface area (Å²) in [4.78, 5) is 49.8. The van der Waals surface area contributed by atoms with Gasteiger partial charge < -0.3 is 20.6 Å². The summed E-state index contributed by atoms with van der Waals surface area (Å²) in [5, 5.41) is 17.9. The van der Waals surface area contributed by atoms with Crippen molar-refractivity contribution in [3.63, 3.8) is 0 Å². The first-order chi connectivity index (χ1) is 15.7. The van der Waals surface area contributed by atoms with E-state index >= 15 is 0 Å². The maximum atomic E-state index is 12.7. The number of carboxylic acid groups (broad SMARTS) is 1. The van der Waals surface area contributed by atoms with Crippen molar-refractivity contribution in [1.82, 2.24) is 14.7 Å². The molecule has 2 heterocycles. The van der Waals surface area contributed by atoms with Crippen LogP contribution >= 0.6 is 0 Å². The molecule has 4 rings (SSSR count). The summed E-state index contributed by atoms with van der Waals surface area (Å²) < 4.78 is 1.39. The molecule has 10 heteroatoms. The smallest absolute Gasteiger partial charge is 0.305 e. The molecule has 2 aromatic carbocycles. The van der Waals surface area contributed by atoms with E-state index < -0.39 is 12.0 Å². The molecule has 0 bridgehead atoms. The first kappa shape index (κ1) is 21.9. The van der Waals surface area contributed by atoms with Gasteiger partial charge in [0.1, 0.15) is 6.04 Å². The van der Waals surface area contributed by atoms with E-state index in [1.165, 1.54) is 15.6 Å². The van der Waals surface area contributed by atoms with Crippen molar-refractivity contribution in [2.24, 2.45) is 0 Å². The number of likely N-dealkylation sites (N-methyl/N-ethyl adjacent to an activating group) is 1. The molecular weight excluding hydrogens is 426 g/mol. The maximum Gasteiger partial charge on any atom is 0.305 e. The largest absolute Gasteiger partial charge is 0.481 e. The summed E-state index contributed by atoms with van der Waals surface area (Å²) in [6.45, 7) is 2.11. The minimum absolute atomic E-state index is 0.187. The average molecular weight is 449 g/mol. The fourth-order valence-electron chi connectivity index (χ4n) is 3.76. The van der Waals surface area contributed by atoms with Crippen molar-refractivity contribution in [1.29, 1.82) is 0 Å². The number of carbonyl (C=O) groups excluding carboxylic acids is 2. The number of nitrogens with one attached hydrogen (secondary N) is 3. The summed E-state index contributed by atoms with van der Waals surface area (Å²) in [5.41, 5.74) is 3.46. The van der Waals surface area contributed by atoms with E-state index in [-0.39, 0.29) is 23.8 Å². The van der Waals surface area contributed by atoms with Crippen LogP contribution in [0.1, 0.15) is 28.0 Å².